The van der Waals surface area contributed by atoms with E-state index < -0.39 is 53.7 Å². The summed E-state index contributed by atoms with van der Waals surface area (Å²) < 4.78 is 16.5. The molecule has 5 atom stereocenters. The van der Waals surface area contributed by atoms with E-state index in [0.717, 1.165) is 24.3 Å². The van der Waals surface area contributed by atoms with E-state index in [1.165, 1.54) is 51.4 Å². The van der Waals surface area contributed by atoms with Crippen LogP contribution in [0.3, 0.4) is 0 Å². The molecule has 4 aliphatic rings. The molecular weight excluding hydrogens is 558 g/mol. The number of unbranched alkanes of at least 4 members (excludes halogenated alkanes) is 4. The Kier molecular flexibility index (Phi) is 8.83. The molecule has 8 heteroatoms. The van der Waals surface area contributed by atoms with Crippen molar-refractivity contribution in [3.8, 4) is 11.8 Å². The van der Waals surface area contributed by atoms with Gasteiger partial charge in [0.25, 0.3) is 0 Å². The molecule has 3 fully saturated rings. The van der Waals surface area contributed by atoms with E-state index in [-0.39, 0.29) is 6.42 Å². The van der Waals surface area contributed by atoms with Gasteiger partial charge in [-0.1, -0.05) is 75.8 Å². The van der Waals surface area contributed by atoms with Crippen LogP contribution in [0.2, 0.25) is 0 Å². The van der Waals surface area contributed by atoms with Crippen molar-refractivity contribution < 1.29 is 33.4 Å². The topological polar surface area (TPSA) is 120 Å². The maximum absolute atomic E-state index is 13.1. The van der Waals surface area contributed by atoms with Gasteiger partial charge in [-0.3, -0.25) is 19.2 Å². The van der Waals surface area contributed by atoms with E-state index in [4.69, 9.17) is 14.2 Å². The number of nitriles is 1. The summed E-state index contributed by atoms with van der Waals surface area (Å²) in [6.07, 6.45) is 11.1. The van der Waals surface area contributed by atoms with Crippen molar-refractivity contribution >= 4 is 23.9 Å². The second-order valence-corrected chi connectivity index (χ2v) is 12.9. The summed E-state index contributed by atoms with van der Waals surface area (Å²) in [5.41, 5.74) is 2.77. The number of hydrogen-bond acceptors (Lipinski definition) is 8. The molecule has 2 aromatic carbocycles. The molecule has 2 saturated heterocycles. The average Bonchev–Trinajstić information content (AvgIpc) is 3.53. The van der Waals surface area contributed by atoms with Gasteiger partial charge in [0.05, 0.1) is 29.9 Å². The lowest BCUT2D eigenvalue weighted by atomic mass is 9.65. The molecular formula is C36H39NO7. The zero-order chi connectivity index (χ0) is 30.8. The van der Waals surface area contributed by atoms with Crippen LogP contribution >= 0.6 is 0 Å². The zero-order valence-corrected chi connectivity index (χ0v) is 25.2. The molecule has 2 aliphatic carbocycles. The molecule has 0 amide bonds. The van der Waals surface area contributed by atoms with Gasteiger partial charge in [-0.2, -0.15) is 5.26 Å². The normalized spacial score (nSPS) is 29.4. The highest BCUT2D eigenvalue weighted by Crippen LogP contribution is 2.52. The maximum atomic E-state index is 13.1. The molecule has 0 bridgehead atoms. The largest absolute Gasteiger partial charge is 0.489 e. The minimum Gasteiger partial charge on any atom is -0.489 e. The highest BCUT2D eigenvalue weighted by atomic mass is 16.6. The van der Waals surface area contributed by atoms with Crippen molar-refractivity contribution in [2.24, 2.45) is 17.8 Å². The molecule has 8 nitrogen and oxygen atoms in total. The first-order valence-electron chi connectivity index (χ1n) is 16.2. The zero-order valence-electron chi connectivity index (χ0n) is 25.2. The molecule has 2 aliphatic heterocycles. The Morgan fingerprint density at radius 3 is 2.27 bits per heavy atom. The van der Waals surface area contributed by atoms with Crippen LogP contribution in [0.5, 0.6) is 5.75 Å². The first-order chi connectivity index (χ1) is 21.4. The Bertz CT molecular complexity index is 1480. The van der Waals surface area contributed by atoms with Crippen LogP contribution in [0.1, 0.15) is 118 Å². The van der Waals surface area contributed by atoms with E-state index in [9.17, 15) is 24.4 Å². The average molecular weight is 598 g/mol. The van der Waals surface area contributed by atoms with E-state index in [2.05, 4.69) is 13.0 Å². The van der Waals surface area contributed by atoms with Gasteiger partial charge in [-0.25, -0.2) is 0 Å². The number of benzene rings is 2. The van der Waals surface area contributed by atoms with Crippen LogP contribution in [0, 0.1) is 29.1 Å². The number of carbonyl (C=O) groups excluding carboxylic acids is 4. The second-order valence-electron chi connectivity index (χ2n) is 12.9. The standard InChI is InChI=1S/C36H39NO7/c1-2-3-4-5-6-9-21-12-14-22(15-13-21)25-17-16-24(18-23(25)20-37)42-33-30(28-19-29(38)43-34(28)39)26-10-7-8-11-27(26)31-32(33)36(41)44-35(31)40/h7-8,10-11,16-18,21-22,28,30-33H,2-6,9,12-15,19H2,1H3. The van der Waals surface area contributed by atoms with E-state index >= 15 is 0 Å². The van der Waals surface area contributed by atoms with Crippen LogP contribution in [0.4, 0.5) is 0 Å². The SMILES string of the molecule is CCCCCCCC1CCC(c2ccc(OC3C4C(=O)OC(=O)C4c4ccccc4C3C3CC(=O)OC3=O)cc2C#N)CC1. The van der Waals surface area contributed by atoms with E-state index in [0.29, 0.717) is 28.4 Å². The quantitative estimate of drug-likeness (QED) is 0.170. The smallest absolute Gasteiger partial charge is 0.322 e. The van der Waals surface area contributed by atoms with Gasteiger partial charge in [0.2, 0.25) is 0 Å². The fourth-order valence-corrected chi connectivity index (χ4v) is 8.03. The molecule has 44 heavy (non-hydrogen) atoms. The summed E-state index contributed by atoms with van der Waals surface area (Å²) in [6, 6.07) is 14.9. The van der Waals surface area contributed by atoms with Gasteiger partial charge in [0.15, 0.2) is 0 Å². The fourth-order valence-electron chi connectivity index (χ4n) is 8.03. The van der Waals surface area contributed by atoms with Gasteiger partial charge < -0.3 is 14.2 Å². The Hall–Kier alpha value is -3.99. The number of esters is 4. The predicted molar refractivity (Wildman–Crippen MR) is 159 cm³/mol. The first kappa shape index (κ1) is 30.1. The summed E-state index contributed by atoms with van der Waals surface area (Å²) >= 11 is 0. The molecule has 6 rings (SSSR count). The highest BCUT2D eigenvalue weighted by molar-refractivity contribution is 6.01. The van der Waals surface area contributed by atoms with Crippen LogP contribution in [0.25, 0.3) is 0 Å². The molecule has 230 valence electrons. The van der Waals surface area contributed by atoms with Crippen LogP contribution in [-0.2, 0) is 28.7 Å². The monoisotopic (exact) mass is 597 g/mol. The minimum atomic E-state index is -1.01. The molecule has 1 saturated carbocycles. The second kappa shape index (κ2) is 12.9. The highest BCUT2D eigenvalue weighted by Gasteiger charge is 2.60. The summed E-state index contributed by atoms with van der Waals surface area (Å²) in [5.74, 6) is -4.77. The number of rotatable bonds is 10. The van der Waals surface area contributed by atoms with Crippen LogP contribution in [0.15, 0.2) is 42.5 Å². The lowest BCUT2D eigenvalue weighted by Gasteiger charge is -2.40. The van der Waals surface area contributed by atoms with Crippen molar-refractivity contribution in [2.75, 3.05) is 0 Å². The number of carbonyl (C=O) groups is 4. The molecule has 2 aromatic rings. The van der Waals surface area contributed by atoms with Crippen LogP contribution < -0.4 is 4.74 Å². The van der Waals surface area contributed by atoms with Crippen molar-refractivity contribution in [1.29, 1.82) is 5.26 Å². The third-order valence-corrected chi connectivity index (χ3v) is 10.2. The van der Waals surface area contributed by atoms with Crippen molar-refractivity contribution in [2.45, 2.75) is 101 Å². The molecule has 5 unspecified atom stereocenters. The first-order valence-corrected chi connectivity index (χ1v) is 16.2. The van der Waals surface area contributed by atoms with Gasteiger partial charge in [0, 0.05) is 5.92 Å². The number of nitrogens with zero attached hydrogens (tertiary/aromatic N) is 1. The van der Waals surface area contributed by atoms with Gasteiger partial charge in [0.1, 0.15) is 17.8 Å². The third kappa shape index (κ3) is 5.77. The maximum Gasteiger partial charge on any atom is 0.322 e. The summed E-state index contributed by atoms with van der Waals surface area (Å²) in [7, 11) is 0. The minimum absolute atomic E-state index is 0.151. The summed E-state index contributed by atoms with van der Waals surface area (Å²) in [6.45, 7) is 2.24. The summed E-state index contributed by atoms with van der Waals surface area (Å²) in [5, 5.41) is 10.1. The van der Waals surface area contributed by atoms with Crippen molar-refractivity contribution in [1.82, 2.24) is 0 Å². The molecule has 0 aromatic heterocycles. The summed E-state index contributed by atoms with van der Waals surface area (Å²) in [4.78, 5) is 51.0. The Labute approximate surface area is 258 Å². The Balaban J connectivity index is 1.24. The predicted octanol–water partition coefficient (Wildman–Crippen LogP) is 6.61. The van der Waals surface area contributed by atoms with Crippen molar-refractivity contribution in [3.05, 3.63) is 64.7 Å². The van der Waals surface area contributed by atoms with Crippen molar-refractivity contribution in [3.63, 3.8) is 0 Å². The number of cyclic esters (lactones) is 4. The lowest BCUT2D eigenvalue weighted by Crippen LogP contribution is -2.46. The van der Waals surface area contributed by atoms with Crippen LogP contribution in [-0.4, -0.2) is 30.0 Å². The van der Waals surface area contributed by atoms with Gasteiger partial charge in [-0.05, 0) is 66.3 Å². The number of fused-ring (bicyclic) bond motifs is 3. The Morgan fingerprint density at radius 1 is 0.818 bits per heavy atom. The third-order valence-electron chi connectivity index (χ3n) is 10.2. The fraction of sp³-hybridized carbons (Fsp3) is 0.528. The molecule has 0 spiro atoms. The molecule has 0 N–H and O–H groups in total. The van der Waals surface area contributed by atoms with E-state index in [1.807, 2.05) is 12.1 Å². The lowest BCUT2D eigenvalue weighted by molar-refractivity contribution is -0.156. The molecule has 2 heterocycles. The number of ether oxygens (including phenoxy) is 3. The molecule has 0 radical (unpaired) electrons. The van der Waals surface area contributed by atoms with E-state index in [1.54, 1.807) is 30.3 Å². The van der Waals surface area contributed by atoms with Gasteiger partial charge in [-0.15, -0.1) is 0 Å². The number of hydrogen-bond donors (Lipinski definition) is 0. The van der Waals surface area contributed by atoms with Gasteiger partial charge >= 0.3 is 23.9 Å². The Morgan fingerprint density at radius 2 is 1.57 bits per heavy atom.